The zero-order chi connectivity index (χ0) is 26.2. The van der Waals surface area contributed by atoms with Gasteiger partial charge in [-0.1, -0.05) is 42.6 Å². The first-order valence-electron chi connectivity index (χ1n) is 12.0. The van der Waals surface area contributed by atoms with Crippen LogP contribution in [0.5, 0.6) is 17.2 Å². The average molecular weight is 544 g/mol. The van der Waals surface area contributed by atoms with Gasteiger partial charge in [0.2, 0.25) is 0 Å². The fraction of sp³-hybridized carbons (Fsp3) is 0.385. The summed E-state index contributed by atoms with van der Waals surface area (Å²) < 4.78 is 18.2. The number of ether oxygens (including phenoxy) is 3. The summed E-state index contributed by atoms with van der Waals surface area (Å²) in [4.78, 5) is 12.6. The van der Waals surface area contributed by atoms with Crippen molar-refractivity contribution < 1.29 is 19.0 Å². The van der Waals surface area contributed by atoms with Crippen molar-refractivity contribution in [3.8, 4) is 28.6 Å². The lowest BCUT2D eigenvalue weighted by Crippen LogP contribution is -2.20. The van der Waals surface area contributed by atoms with E-state index < -0.39 is 0 Å². The van der Waals surface area contributed by atoms with Crippen LogP contribution in [0.4, 0.5) is 0 Å². The molecular weight excluding hydrogens is 514 g/mol. The van der Waals surface area contributed by atoms with Gasteiger partial charge in [0.15, 0.2) is 22.5 Å². The van der Waals surface area contributed by atoms with Gasteiger partial charge in [-0.3, -0.25) is 9.36 Å². The molecule has 9 nitrogen and oxygen atoms in total. The van der Waals surface area contributed by atoms with Crippen molar-refractivity contribution >= 4 is 35.5 Å². The van der Waals surface area contributed by atoms with Crippen LogP contribution in [0.25, 0.3) is 11.4 Å². The van der Waals surface area contributed by atoms with Crippen LogP contribution in [-0.2, 0) is 4.79 Å². The molecule has 1 aromatic heterocycles. The highest BCUT2D eigenvalue weighted by atomic mass is 35.5. The Bertz CT molecular complexity index is 1240. The number of hydrazone groups is 1. The third-order valence-electron chi connectivity index (χ3n) is 6.17. The molecule has 37 heavy (non-hydrogen) atoms. The molecule has 2 aromatic carbocycles. The smallest absolute Gasteiger partial charge is 0.250 e. The van der Waals surface area contributed by atoms with Crippen LogP contribution in [0.3, 0.4) is 0 Å². The minimum absolute atomic E-state index is 0.145. The van der Waals surface area contributed by atoms with E-state index in [4.69, 9.17) is 25.8 Å². The Morgan fingerprint density at radius 3 is 2.41 bits per heavy atom. The molecule has 3 aromatic rings. The number of thioether (sulfide) groups is 1. The van der Waals surface area contributed by atoms with E-state index >= 15 is 0 Å². The van der Waals surface area contributed by atoms with Gasteiger partial charge in [-0.15, -0.1) is 10.2 Å². The Morgan fingerprint density at radius 1 is 1.05 bits per heavy atom. The van der Waals surface area contributed by atoms with Crippen molar-refractivity contribution in [2.24, 2.45) is 5.10 Å². The highest BCUT2D eigenvalue weighted by Gasteiger charge is 2.24. The van der Waals surface area contributed by atoms with Crippen molar-refractivity contribution in [3.63, 3.8) is 0 Å². The largest absolute Gasteiger partial charge is 0.496 e. The number of aromatic nitrogens is 3. The van der Waals surface area contributed by atoms with Gasteiger partial charge < -0.3 is 14.2 Å². The number of nitrogens with zero attached hydrogens (tertiary/aromatic N) is 4. The summed E-state index contributed by atoms with van der Waals surface area (Å²) in [6.07, 6.45) is 7.21. The first kappa shape index (κ1) is 26.8. The van der Waals surface area contributed by atoms with Crippen molar-refractivity contribution in [2.75, 3.05) is 27.1 Å². The number of carbonyl (C=O) groups is 1. The average Bonchev–Trinajstić information content (AvgIpc) is 3.36. The summed E-state index contributed by atoms with van der Waals surface area (Å²) in [7, 11) is 4.65. The van der Waals surface area contributed by atoms with E-state index in [2.05, 4.69) is 25.3 Å². The number of hydrogen-bond donors (Lipinski definition) is 1. The van der Waals surface area contributed by atoms with Gasteiger partial charge in [0.05, 0.1) is 33.3 Å². The molecule has 1 fully saturated rings. The molecule has 196 valence electrons. The fourth-order valence-corrected chi connectivity index (χ4v) is 5.25. The van der Waals surface area contributed by atoms with Crippen LogP contribution >= 0.6 is 23.4 Å². The lowest BCUT2D eigenvalue weighted by atomic mass is 9.95. The van der Waals surface area contributed by atoms with Gasteiger partial charge in [-0.25, -0.2) is 5.43 Å². The van der Waals surface area contributed by atoms with Gasteiger partial charge in [-0.2, -0.15) is 5.10 Å². The number of methoxy groups -OCH3 is 3. The lowest BCUT2D eigenvalue weighted by molar-refractivity contribution is -0.118. The molecule has 0 bridgehead atoms. The second kappa shape index (κ2) is 12.8. The van der Waals surface area contributed by atoms with Crippen LogP contribution in [0.15, 0.2) is 46.7 Å². The lowest BCUT2D eigenvalue weighted by Gasteiger charge is -2.25. The van der Waals surface area contributed by atoms with Gasteiger partial charge in [0.1, 0.15) is 5.75 Å². The maximum Gasteiger partial charge on any atom is 0.250 e. The molecule has 1 saturated carbocycles. The monoisotopic (exact) mass is 543 g/mol. The minimum atomic E-state index is -0.257. The van der Waals surface area contributed by atoms with Gasteiger partial charge in [-0.05, 0) is 43.2 Å². The third-order valence-corrected chi connectivity index (χ3v) is 7.36. The number of amides is 1. The third kappa shape index (κ3) is 6.56. The summed E-state index contributed by atoms with van der Waals surface area (Å²) in [5, 5.41) is 14.4. The highest BCUT2D eigenvalue weighted by molar-refractivity contribution is 7.99. The zero-order valence-electron chi connectivity index (χ0n) is 21.1. The Morgan fingerprint density at radius 2 is 1.73 bits per heavy atom. The minimum Gasteiger partial charge on any atom is -0.496 e. The van der Waals surface area contributed by atoms with E-state index in [1.165, 1.54) is 37.2 Å². The van der Waals surface area contributed by atoms with E-state index in [1.54, 1.807) is 33.5 Å². The second-order valence-electron chi connectivity index (χ2n) is 8.51. The van der Waals surface area contributed by atoms with Crippen molar-refractivity contribution in [1.82, 2.24) is 20.2 Å². The van der Waals surface area contributed by atoms with Crippen molar-refractivity contribution in [3.05, 3.63) is 47.0 Å². The number of hydrogen-bond acceptors (Lipinski definition) is 8. The number of halogens is 1. The molecule has 1 amide bonds. The predicted molar refractivity (Wildman–Crippen MR) is 145 cm³/mol. The Labute approximate surface area is 225 Å². The highest BCUT2D eigenvalue weighted by Crippen LogP contribution is 2.36. The molecule has 1 aliphatic rings. The Kier molecular flexibility index (Phi) is 9.29. The molecule has 0 radical (unpaired) electrons. The maximum atomic E-state index is 12.6. The number of rotatable bonds is 10. The van der Waals surface area contributed by atoms with Gasteiger partial charge in [0.25, 0.3) is 5.91 Å². The molecule has 1 N–H and O–H groups in total. The molecule has 4 rings (SSSR count). The Hall–Kier alpha value is -3.24. The first-order valence-corrected chi connectivity index (χ1v) is 13.4. The number of carbonyl (C=O) groups excluding carboxylic acids is 1. The van der Waals surface area contributed by atoms with Crippen LogP contribution < -0.4 is 19.6 Å². The topological polar surface area (TPSA) is 99.9 Å². The van der Waals surface area contributed by atoms with Gasteiger partial charge >= 0.3 is 0 Å². The van der Waals surface area contributed by atoms with E-state index in [0.29, 0.717) is 33.9 Å². The van der Waals surface area contributed by atoms with Crippen molar-refractivity contribution in [1.29, 1.82) is 0 Å². The standard InChI is InChI=1S/C26H30ClN5O4S/c1-34-21-14-23(36-3)22(35-2)13-18(21)15-28-29-24(33)16-37-26-31-30-25(17-9-11-19(27)12-10-17)32(26)20-7-5-4-6-8-20/h9-15,20H,4-8,16H2,1-3H3,(H,29,33)/b28-15-. The summed E-state index contributed by atoms with van der Waals surface area (Å²) >= 11 is 7.43. The van der Waals surface area contributed by atoms with Gasteiger partial charge in [0, 0.05) is 28.3 Å². The molecular formula is C26H30ClN5O4S. The maximum absolute atomic E-state index is 12.6. The summed E-state index contributed by atoms with van der Waals surface area (Å²) in [6, 6.07) is 11.3. The van der Waals surface area contributed by atoms with E-state index in [-0.39, 0.29) is 11.7 Å². The molecule has 0 unspecified atom stereocenters. The van der Waals surface area contributed by atoms with Crippen LogP contribution in [0.2, 0.25) is 5.02 Å². The quantitative estimate of drug-likeness (QED) is 0.208. The van der Waals surface area contributed by atoms with Crippen LogP contribution in [0, 0.1) is 0 Å². The SMILES string of the molecule is COc1cc(OC)c(OC)cc1/C=N\NC(=O)CSc1nnc(-c2ccc(Cl)cc2)n1C1CCCCC1. The van der Waals surface area contributed by atoms with Crippen LogP contribution in [0.1, 0.15) is 43.7 Å². The summed E-state index contributed by atoms with van der Waals surface area (Å²) in [5.74, 6) is 2.30. The molecule has 1 aliphatic carbocycles. The fourth-order valence-electron chi connectivity index (χ4n) is 4.33. The molecule has 11 heteroatoms. The predicted octanol–water partition coefficient (Wildman–Crippen LogP) is 5.37. The first-order chi connectivity index (χ1) is 18.0. The molecule has 0 atom stereocenters. The molecule has 1 heterocycles. The molecule has 0 saturated heterocycles. The second-order valence-corrected chi connectivity index (χ2v) is 9.88. The molecule has 0 spiro atoms. The zero-order valence-corrected chi connectivity index (χ0v) is 22.6. The normalized spacial score (nSPS) is 14.1. The summed E-state index contributed by atoms with van der Waals surface area (Å²) in [5.41, 5.74) is 4.16. The summed E-state index contributed by atoms with van der Waals surface area (Å²) in [6.45, 7) is 0. The Balaban J connectivity index is 1.45. The molecule has 0 aliphatic heterocycles. The van der Waals surface area contributed by atoms with E-state index in [9.17, 15) is 4.79 Å². The van der Waals surface area contributed by atoms with E-state index in [1.807, 2.05) is 24.3 Å². The van der Waals surface area contributed by atoms with Crippen LogP contribution in [-0.4, -0.2) is 54.0 Å². The number of nitrogens with one attached hydrogen (secondary N) is 1. The van der Waals surface area contributed by atoms with E-state index in [0.717, 1.165) is 29.4 Å². The van der Waals surface area contributed by atoms with Crippen molar-refractivity contribution in [2.45, 2.75) is 43.3 Å². The number of benzene rings is 2.